The van der Waals surface area contributed by atoms with Crippen molar-refractivity contribution in [1.82, 2.24) is 29.1 Å². The minimum atomic E-state index is -0.508. The maximum absolute atomic E-state index is 12.3. The van der Waals surface area contributed by atoms with Crippen LogP contribution in [-0.2, 0) is 27.2 Å². The van der Waals surface area contributed by atoms with Crippen LogP contribution in [0.2, 0.25) is 0 Å². The zero-order chi connectivity index (χ0) is 21.0. The van der Waals surface area contributed by atoms with Crippen LogP contribution in [-0.4, -0.2) is 29.1 Å². The number of nitrogens with zero attached hydrogens (tertiary/aromatic N) is 4. The van der Waals surface area contributed by atoms with E-state index >= 15 is 0 Å². The van der Waals surface area contributed by atoms with E-state index in [1.807, 2.05) is 0 Å². The van der Waals surface area contributed by atoms with Gasteiger partial charge in [0.1, 0.15) is 0 Å². The number of hydrogen-bond donors (Lipinski definition) is 4. The Kier molecular flexibility index (Phi) is 4.69. The molecule has 4 aromatic rings. The quantitative estimate of drug-likeness (QED) is 0.189. The number of nitrogens with one attached hydrogen (secondary N) is 4. The standard InChI is InChI=1S/C15H14Br2N8O4/c1-22-8-6(10(26)20-14(22)28)24(12(16)18-8)4-3-5-25-7-9(19-13(25)17)23(2)15(29)21-11(7)27/h3-5H2,1-2H3,(H2,20,21,26,27,28,29)/p+2. The lowest BCUT2D eigenvalue weighted by atomic mass is 10.4. The van der Waals surface area contributed by atoms with Crippen molar-refractivity contribution < 1.29 is 9.13 Å². The van der Waals surface area contributed by atoms with Crippen LogP contribution in [0.25, 0.3) is 22.3 Å². The molecule has 0 saturated carbocycles. The molecule has 0 aliphatic carbocycles. The van der Waals surface area contributed by atoms with Gasteiger partial charge in [0.15, 0.2) is 0 Å². The Bertz CT molecular complexity index is 1400. The Balaban J connectivity index is 1.71. The van der Waals surface area contributed by atoms with E-state index in [2.05, 4.69) is 51.8 Å². The van der Waals surface area contributed by atoms with Crippen LogP contribution in [0, 0.1) is 0 Å². The smallest absolute Gasteiger partial charge is 0.270 e. The molecular formula is C15H16Br2N8O4+2. The summed E-state index contributed by atoms with van der Waals surface area (Å²) in [6.45, 7) is 0.856. The van der Waals surface area contributed by atoms with Crippen molar-refractivity contribution in [2.45, 2.75) is 19.5 Å². The van der Waals surface area contributed by atoms with E-state index in [1.165, 1.54) is 9.13 Å². The van der Waals surface area contributed by atoms with Crippen LogP contribution >= 0.6 is 31.9 Å². The fourth-order valence-electron chi connectivity index (χ4n) is 3.34. The summed E-state index contributed by atoms with van der Waals surface area (Å²) in [5, 5.41) is 0. The molecule has 0 radical (unpaired) electrons. The highest BCUT2D eigenvalue weighted by Crippen LogP contribution is 2.10. The molecule has 0 amide bonds. The number of fused-ring (bicyclic) bond motifs is 2. The predicted molar refractivity (Wildman–Crippen MR) is 109 cm³/mol. The van der Waals surface area contributed by atoms with Crippen LogP contribution in [0.4, 0.5) is 0 Å². The summed E-state index contributed by atoms with van der Waals surface area (Å²) in [6.07, 6.45) is 0.553. The third-order valence-corrected chi connectivity index (χ3v) is 6.07. The Morgan fingerprint density at radius 3 is 1.48 bits per heavy atom. The zero-order valence-corrected chi connectivity index (χ0v) is 18.5. The highest BCUT2D eigenvalue weighted by Gasteiger charge is 2.25. The molecule has 0 atom stereocenters. The first-order valence-corrected chi connectivity index (χ1v) is 10.1. The van der Waals surface area contributed by atoms with E-state index in [0.717, 1.165) is 0 Å². The van der Waals surface area contributed by atoms with Crippen molar-refractivity contribution in [1.29, 1.82) is 0 Å². The molecule has 152 valence electrons. The molecule has 29 heavy (non-hydrogen) atoms. The van der Waals surface area contributed by atoms with E-state index in [-0.39, 0.29) is 0 Å². The van der Waals surface area contributed by atoms with Crippen molar-refractivity contribution in [3.63, 3.8) is 0 Å². The molecule has 4 aromatic heterocycles. The van der Waals surface area contributed by atoms with Gasteiger partial charge < -0.3 is 0 Å². The number of H-pyrrole nitrogens is 4. The van der Waals surface area contributed by atoms with Gasteiger partial charge in [-0.1, -0.05) is 0 Å². The van der Waals surface area contributed by atoms with E-state index in [1.54, 1.807) is 23.2 Å². The molecular weight excluding hydrogens is 516 g/mol. The van der Waals surface area contributed by atoms with Crippen molar-refractivity contribution in [2.75, 3.05) is 0 Å². The predicted octanol–water partition coefficient (Wildman–Crippen LogP) is -1.39. The number of aromatic amines is 4. The SMILES string of the molecule is Cn1c(=O)[nH]c(=O)c2c1[nH]c(Br)[n+]2CCC[n+]1c(Br)[nH]c2c1c(=O)[nH]c(=O)n2C. The molecule has 14 heteroatoms. The number of rotatable bonds is 4. The maximum atomic E-state index is 12.3. The number of halogens is 2. The monoisotopic (exact) mass is 530 g/mol. The molecule has 0 aromatic carbocycles. The lowest BCUT2D eigenvalue weighted by molar-refractivity contribution is -0.713. The van der Waals surface area contributed by atoms with Crippen LogP contribution in [0.1, 0.15) is 6.42 Å². The molecule has 0 fully saturated rings. The van der Waals surface area contributed by atoms with Crippen LogP contribution in [0.15, 0.2) is 28.6 Å². The lowest BCUT2D eigenvalue weighted by Crippen LogP contribution is -2.44. The van der Waals surface area contributed by atoms with Crippen molar-refractivity contribution in [3.8, 4) is 0 Å². The van der Waals surface area contributed by atoms with E-state index in [0.29, 0.717) is 51.3 Å². The van der Waals surface area contributed by atoms with E-state index < -0.39 is 22.5 Å². The molecule has 0 saturated heterocycles. The van der Waals surface area contributed by atoms with Gasteiger partial charge in [-0.3, -0.25) is 28.7 Å². The molecule has 4 rings (SSSR count). The van der Waals surface area contributed by atoms with Crippen molar-refractivity contribution in [3.05, 3.63) is 51.1 Å². The summed E-state index contributed by atoms with van der Waals surface area (Å²) in [7, 11) is 3.12. The van der Waals surface area contributed by atoms with E-state index in [9.17, 15) is 19.2 Å². The average Bonchev–Trinajstić information content (AvgIpc) is 3.16. The molecule has 4 heterocycles. The highest BCUT2D eigenvalue weighted by atomic mass is 79.9. The first kappa shape index (κ1) is 19.6. The van der Waals surface area contributed by atoms with Gasteiger partial charge >= 0.3 is 32.0 Å². The van der Waals surface area contributed by atoms with Gasteiger partial charge in [0.05, 0.1) is 13.1 Å². The third-order valence-electron chi connectivity index (χ3n) is 4.82. The number of aryl methyl sites for hydroxylation is 4. The normalized spacial score (nSPS) is 11.7. The summed E-state index contributed by atoms with van der Waals surface area (Å²) >= 11 is 6.78. The Morgan fingerprint density at radius 2 is 1.10 bits per heavy atom. The maximum Gasteiger partial charge on any atom is 0.331 e. The van der Waals surface area contributed by atoms with Crippen LogP contribution in [0.3, 0.4) is 0 Å². The summed E-state index contributed by atoms with van der Waals surface area (Å²) in [6, 6.07) is 0. The lowest BCUT2D eigenvalue weighted by Gasteiger charge is -2.00. The van der Waals surface area contributed by atoms with Gasteiger partial charge in [-0.25, -0.2) is 28.7 Å². The first-order chi connectivity index (χ1) is 13.7. The number of hydrogen-bond acceptors (Lipinski definition) is 4. The summed E-state index contributed by atoms with van der Waals surface area (Å²) < 4.78 is 7.17. The summed E-state index contributed by atoms with van der Waals surface area (Å²) in [5.41, 5.74) is -0.520. The number of aromatic nitrogens is 8. The second kappa shape index (κ2) is 6.95. The number of imidazole rings is 2. The van der Waals surface area contributed by atoms with Crippen molar-refractivity contribution in [2.24, 2.45) is 14.1 Å². The second-order valence-electron chi connectivity index (χ2n) is 6.52. The second-order valence-corrected chi connectivity index (χ2v) is 8.02. The molecule has 4 N–H and O–H groups in total. The summed E-state index contributed by atoms with van der Waals surface area (Å²) in [4.78, 5) is 58.7. The summed E-state index contributed by atoms with van der Waals surface area (Å²) in [5.74, 6) is 0. The third kappa shape index (κ3) is 3.02. The Hall–Kier alpha value is -2.74. The molecule has 0 bridgehead atoms. The highest BCUT2D eigenvalue weighted by molar-refractivity contribution is 9.10. The minimum Gasteiger partial charge on any atom is -0.270 e. The Labute approximate surface area is 177 Å². The topological polar surface area (TPSA) is 149 Å². The minimum absolute atomic E-state index is 0.335. The van der Waals surface area contributed by atoms with E-state index in [4.69, 9.17) is 0 Å². The van der Waals surface area contributed by atoms with Crippen LogP contribution in [0.5, 0.6) is 0 Å². The van der Waals surface area contributed by atoms with Gasteiger partial charge in [-0.2, -0.15) is 0 Å². The zero-order valence-electron chi connectivity index (χ0n) is 15.3. The molecule has 0 aliphatic heterocycles. The van der Waals surface area contributed by atoms with Gasteiger partial charge in [-0.15, -0.1) is 0 Å². The fourth-order valence-corrected chi connectivity index (χ4v) is 4.42. The average molecular weight is 532 g/mol. The molecule has 0 spiro atoms. The van der Waals surface area contributed by atoms with Gasteiger partial charge in [0.25, 0.3) is 22.3 Å². The first-order valence-electron chi connectivity index (χ1n) is 8.51. The fraction of sp³-hybridized carbons (Fsp3) is 0.333. The van der Waals surface area contributed by atoms with Gasteiger partial charge in [0.2, 0.25) is 0 Å². The molecule has 0 unspecified atom stereocenters. The van der Waals surface area contributed by atoms with Gasteiger partial charge in [0, 0.05) is 52.4 Å². The molecule has 12 nitrogen and oxygen atoms in total. The van der Waals surface area contributed by atoms with Crippen molar-refractivity contribution >= 4 is 54.2 Å². The molecule has 0 aliphatic rings. The largest absolute Gasteiger partial charge is 0.331 e. The van der Waals surface area contributed by atoms with Crippen LogP contribution < -0.4 is 31.6 Å². The Morgan fingerprint density at radius 1 is 0.724 bits per heavy atom. The van der Waals surface area contributed by atoms with Gasteiger partial charge in [-0.05, 0) is 0 Å².